The van der Waals surface area contributed by atoms with Crippen molar-refractivity contribution in [2.45, 2.75) is 45.6 Å². The summed E-state index contributed by atoms with van der Waals surface area (Å²) in [7, 11) is 0. The van der Waals surface area contributed by atoms with Gasteiger partial charge in [0.2, 0.25) is 0 Å². The van der Waals surface area contributed by atoms with Gasteiger partial charge in [0.25, 0.3) is 0 Å². The van der Waals surface area contributed by atoms with Crippen molar-refractivity contribution >= 4 is 22.4 Å². The second-order valence-corrected chi connectivity index (χ2v) is 7.64. The van der Waals surface area contributed by atoms with E-state index in [0.29, 0.717) is 12.0 Å². The Labute approximate surface area is 139 Å². The van der Waals surface area contributed by atoms with Gasteiger partial charge in [0.15, 0.2) is 0 Å². The highest BCUT2D eigenvalue weighted by Crippen LogP contribution is 2.32. The SMILES string of the molecule is Cc1nc(C)c(-c2cc3nc(C4CCNC(C)C4)ncc3[nH]2)s1. The van der Waals surface area contributed by atoms with E-state index in [2.05, 4.69) is 40.2 Å². The highest BCUT2D eigenvalue weighted by Gasteiger charge is 2.22. The summed E-state index contributed by atoms with van der Waals surface area (Å²) in [5.41, 5.74) is 4.16. The number of thiazole rings is 1. The number of nitrogens with one attached hydrogen (secondary N) is 2. The highest BCUT2D eigenvalue weighted by molar-refractivity contribution is 7.15. The van der Waals surface area contributed by atoms with Gasteiger partial charge in [0.05, 0.1) is 38.5 Å². The number of hydrogen-bond acceptors (Lipinski definition) is 5. The van der Waals surface area contributed by atoms with Gasteiger partial charge in [0, 0.05) is 12.0 Å². The summed E-state index contributed by atoms with van der Waals surface area (Å²) < 4.78 is 0. The largest absolute Gasteiger partial charge is 0.351 e. The normalized spacial score (nSPS) is 21.9. The number of aromatic amines is 1. The van der Waals surface area contributed by atoms with Crippen molar-refractivity contribution < 1.29 is 0 Å². The van der Waals surface area contributed by atoms with Crippen LogP contribution in [0.2, 0.25) is 0 Å². The van der Waals surface area contributed by atoms with Crippen LogP contribution in [-0.2, 0) is 0 Å². The van der Waals surface area contributed by atoms with Crippen LogP contribution < -0.4 is 5.32 Å². The fraction of sp³-hybridized carbons (Fsp3) is 0.471. The lowest BCUT2D eigenvalue weighted by Crippen LogP contribution is -2.35. The Morgan fingerprint density at radius 3 is 2.87 bits per heavy atom. The molecule has 0 radical (unpaired) electrons. The molecule has 0 aliphatic carbocycles. The van der Waals surface area contributed by atoms with Gasteiger partial charge < -0.3 is 10.3 Å². The van der Waals surface area contributed by atoms with Gasteiger partial charge in [-0.3, -0.25) is 0 Å². The summed E-state index contributed by atoms with van der Waals surface area (Å²) in [4.78, 5) is 18.6. The summed E-state index contributed by atoms with van der Waals surface area (Å²) >= 11 is 1.72. The molecule has 2 unspecified atom stereocenters. The maximum absolute atomic E-state index is 4.83. The average molecular weight is 327 g/mol. The van der Waals surface area contributed by atoms with Gasteiger partial charge in [-0.2, -0.15) is 0 Å². The molecule has 3 aromatic heterocycles. The number of aromatic nitrogens is 4. The first-order valence-corrected chi connectivity index (χ1v) is 8.95. The minimum Gasteiger partial charge on any atom is -0.351 e. The molecule has 0 saturated carbocycles. The Morgan fingerprint density at radius 2 is 2.13 bits per heavy atom. The molecule has 1 aliphatic heterocycles. The first kappa shape index (κ1) is 14.8. The second kappa shape index (κ2) is 5.69. The molecule has 2 N–H and O–H groups in total. The predicted molar refractivity (Wildman–Crippen MR) is 93.9 cm³/mol. The Morgan fingerprint density at radius 1 is 1.26 bits per heavy atom. The van der Waals surface area contributed by atoms with E-state index in [4.69, 9.17) is 4.98 Å². The molecule has 3 aromatic rings. The maximum Gasteiger partial charge on any atom is 0.132 e. The summed E-state index contributed by atoms with van der Waals surface area (Å²) in [6.45, 7) is 7.37. The predicted octanol–water partition coefficient (Wildman–Crippen LogP) is 3.55. The fourth-order valence-corrected chi connectivity index (χ4v) is 4.29. The van der Waals surface area contributed by atoms with E-state index in [1.54, 1.807) is 11.3 Å². The molecule has 0 amide bonds. The van der Waals surface area contributed by atoms with E-state index < -0.39 is 0 Å². The van der Waals surface area contributed by atoms with E-state index in [0.717, 1.165) is 52.6 Å². The number of piperidine rings is 1. The van der Waals surface area contributed by atoms with E-state index >= 15 is 0 Å². The first-order chi connectivity index (χ1) is 11.1. The molecule has 23 heavy (non-hydrogen) atoms. The highest BCUT2D eigenvalue weighted by atomic mass is 32.1. The molecule has 0 spiro atoms. The topological polar surface area (TPSA) is 66.5 Å². The molecule has 1 fully saturated rings. The fourth-order valence-electron chi connectivity index (χ4n) is 3.40. The van der Waals surface area contributed by atoms with Crippen molar-refractivity contribution in [2.75, 3.05) is 6.54 Å². The van der Waals surface area contributed by atoms with Crippen molar-refractivity contribution in [1.82, 2.24) is 25.3 Å². The Kier molecular flexibility index (Phi) is 3.66. The molecule has 0 bridgehead atoms. The Hall–Kier alpha value is -1.79. The molecular formula is C17H21N5S. The zero-order chi connectivity index (χ0) is 16.0. The first-order valence-electron chi connectivity index (χ1n) is 8.13. The smallest absolute Gasteiger partial charge is 0.132 e. The van der Waals surface area contributed by atoms with Crippen LogP contribution in [0.5, 0.6) is 0 Å². The maximum atomic E-state index is 4.83. The zero-order valence-electron chi connectivity index (χ0n) is 13.7. The van der Waals surface area contributed by atoms with Gasteiger partial charge in [-0.15, -0.1) is 11.3 Å². The third-order valence-electron chi connectivity index (χ3n) is 4.52. The third-order valence-corrected chi connectivity index (χ3v) is 5.63. The number of fused-ring (bicyclic) bond motifs is 1. The zero-order valence-corrected chi connectivity index (χ0v) is 14.5. The third kappa shape index (κ3) is 2.77. The minimum absolute atomic E-state index is 0.460. The average Bonchev–Trinajstić information content (AvgIpc) is 3.09. The summed E-state index contributed by atoms with van der Waals surface area (Å²) in [6, 6.07) is 2.67. The standard InChI is InChI=1S/C17H21N5S/c1-9-6-12(4-5-18-9)17-19-8-15-13(22-17)7-14(21-15)16-10(2)20-11(3)23-16/h7-9,12,18,21H,4-6H2,1-3H3. The number of hydrogen-bond donors (Lipinski definition) is 2. The summed E-state index contributed by atoms with van der Waals surface area (Å²) in [5.74, 6) is 1.44. The van der Waals surface area contributed by atoms with Crippen LogP contribution in [-0.4, -0.2) is 32.5 Å². The lowest BCUT2D eigenvalue weighted by molar-refractivity contribution is 0.371. The van der Waals surface area contributed by atoms with Gasteiger partial charge in [-0.1, -0.05) is 0 Å². The van der Waals surface area contributed by atoms with Crippen LogP contribution in [0.25, 0.3) is 21.6 Å². The van der Waals surface area contributed by atoms with E-state index in [-0.39, 0.29) is 0 Å². The van der Waals surface area contributed by atoms with E-state index in [1.807, 2.05) is 13.1 Å². The van der Waals surface area contributed by atoms with Gasteiger partial charge in [-0.25, -0.2) is 15.0 Å². The molecule has 1 saturated heterocycles. The lowest BCUT2D eigenvalue weighted by atomic mass is 9.92. The quantitative estimate of drug-likeness (QED) is 0.755. The molecule has 2 atom stereocenters. The van der Waals surface area contributed by atoms with E-state index in [1.165, 1.54) is 4.88 Å². The van der Waals surface area contributed by atoms with Gasteiger partial charge in [0.1, 0.15) is 5.82 Å². The molecule has 120 valence electrons. The minimum atomic E-state index is 0.460. The van der Waals surface area contributed by atoms with Crippen LogP contribution in [0.4, 0.5) is 0 Å². The molecule has 1 aliphatic rings. The molecule has 0 aromatic carbocycles. The number of nitrogens with zero attached hydrogens (tertiary/aromatic N) is 3. The van der Waals surface area contributed by atoms with Gasteiger partial charge in [-0.05, 0) is 46.2 Å². The van der Waals surface area contributed by atoms with Crippen LogP contribution in [0, 0.1) is 13.8 Å². The van der Waals surface area contributed by atoms with Crippen molar-refractivity contribution in [1.29, 1.82) is 0 Å². The molecule has 4 heterocycles. The van der Waals surface area contributed by atoms with Crippen molar-refractivity contribution in [2.24, 2.45) is 0 Å². The number of rotatable bonds is 2. The van der Waals surface area contributed by atoms with Crippen molar-refractivity contribution in [3.8, 4) is 10.6 Å². The molecule has 4 rings (SSSR count). The van der Waals surface area contributed by atoms with Crippen LogP contribution in [0.3, 0.4) is 0 Å². The van der Waals surface area contributed by atoms with Crippen LogP contribution in [0.1, 0.15) is 42.2 Å². The van der Waals surface area contributed by atoms with Gasteiger partial charge >= 0.3 is 0 Å². The summed E-state index contributed by atoms with van der Waals surface area (Å²) in [5, 5.41) is 4.58. The van der Waals surface area contributed by atoms with Crippen LogP contribution >= 0.6 is 11.3 Å². The Balaban J connectivity index is 1.71. The van der Waals surface area contributed by atoms with E-state index in [9.17, 15) is 0 Å². The van der Waals surface area contributed by atoms with Crippen molar-refractivity contribution in [3.63, 3.8) is 0 Å². The molecule has 6 heteroatoms. The summed E-state index contributed by atoms with van der Waals surface area (Å²) in [6.07, 6.45) is 4.15. The lowest BCUT2D eigenvalue weighted by Gasteiger charge is -2.26. The monoisotopic (exact) mass is 327 g/mol. The number of H-pyrrole nitrogens is 1. The Bertz CT molecular complexity index is 850. The van der Waals surface area contributed by atoms with Crippen LogP contribution in [0.15, 0.2) is 12.3 Å². The number of aryl methyl sites for hydroxylation is 2. The molecular weight excluding hydrogens is 306 g/mol. The van der Waals surface area contributed by atoms with Crippen molar-refractivity contribution in [3.05, 3.63) is 28.8 Å². The second-order valence-electron chi connectivity index (χ2n) is 6.43. The molecule has 5 nitrogen and oxygen atoms in total.